The lowest BCUT2D eigenvalue weighted by atomic mass is 10.2. The Morgan fingerprint density at radius 3 is 2.53 bits per heavy atom. The summed E-state index contributed by atoms with van der Waals surface area (Å²) < 4.78 is 4.16. The van der Waals surface area contributed by atoms with Gasteiger partial charge in [-0.2, -0.15) is 0 Å². The van der Waals surface area contributed by atoms with Gasteiger partial charge in [0.05, 0.1) is 7.11 Å². The highest BCUT2D eigenvalue weighted by molar-refractivity contribution is 14.1. The van der Waals surface area contributed by atoms with Crippen LogP contribution in [-0.2, 0) is 9.53 Å². The van der Waals surface area contributed by atoms with Crippen LogP contribution in [0.4, 0.5) is 0 Å². The van der Waals surface area contributed by atoms with E-state index in [4.69, 9.17) is 11.6 Å². The quantitative estimate of drug-likeness (QED) is 0.503. The molecule has 0 aromatic heterocycles. The molecule has 1 unspecified atom stereocenters. The molecule has 0 spiro atoms. The first-order valence-electron chi connectivity index (χ1n) is 4.80. The van der Waals surface area contributed by atoms with Crippen molar-refractivity contribution in [3.05, 3.63) is 34.9 Å². The van der Waals surface area contributed by atoms with Gasteiger partial charge in [-0.15, -0.1) is 0 Å². The molecule has 0 saturated heterocycles. The van der Waals surface area contributed by atoms with Gasteiger partial charge in [-0.25, -0.2) is 0 Å². The van der Waals surface area contributed by atoms with Gasteiger partial charge in [-0.1, -0.05) is 34.2 Å². The predicted octanol–water partition coefficient (Wildman–Crippen LogP) is 2.05. The highest BCUT2D eigenvalue weighted by Crippen LogP contribution is 2.09. The Kier molecular flexibility index (Phi) is 5.70. The maximum Gasteiger partial charge on any atom is 0.320 e. The summed E-state index contributed by atoms with van der Waals surface area (Å²) in [4.78, 5) is 22.8. The standard InChI is InChI=1S/C11H11ClINO3/c1-17-11(16)9(13)6-14-10(15)7-2-4-8(12)5-3-7/h2-5,9H,6H2,1H3,(H,14,15). The topological polar surface area (TPSA) is 55.4 Å². The summed E-state index contributed by atoms with van der Waals surface area (Å²) in [6.45, 7) is 0.231. The summed E-state index contributed by atoms with van der Waals surface area (Å²) in [7, 11) is 1.31. The summed E-state index contributed by atoms with van der Waals surface area (Å²) >= 11 is 7.63. The van der Waals surface area contributed by atoms with Crippen molar-refractivity contribution in [1.82, 2.24) is 5.32 Å². The van der Waals surface area contributed by atoms with Crippen molar-refractivity contribution in [2.45, 2.75) is 3.92 Å². The number of hydrogen-bond acceptors (Lipinski definition) is 3. The summed E-state index contributed by atoms with van der Waals surface area (Å²) in [5, 5.41) is 3.22. The lowest BCUT2D eigenvalue weighted by molar-refractivity contribution is -0.139. The third-order valence-electron chi connectivity index (χ3n) is 2.01. The molecular formula is C11H11ClINO3. The second-order valence-electron chi connectivity index (χ2n) is 3.21. The van der Waals surface area contributed by atoms with Crippen LogP contribution in [0.15, 0.2) is 24.3 Å². The average molecular weight is 368 g/mol. The summed E-state index contributed by atoms with van der Waals surface area (Å²) in [5.74, 6) is -0.603. The largest absolute Gasteiger partial charge is 0.468 e. The zero-order chi connectivity index (χ0) is 12.8. The van der Waals surface area contributed by atoms with Gasteiger partial charge in [0, 0.05) is 17.1 Å². The number of ether oxygens (including phenoxy) is 1. The molecule has 0 saturated carbocycles. The predicted molar refractivity (Wildman–Crippen MR) is 73.6 cm³/mol. The van der Waals surface area contributed by atoms with Crippen LogP contribution in [0.2, 0.25) is 5.02 Å². The minimum Gasteiger partial charge on any atom is -0.468 e. The molecule has 0 bridgehead atoms. The van der Waals surface area contributed by atoms with E-state index in [0.717, 1.165) is 0 Å². The van der Waals surface area contributed by atoms with Gasteiger partial charge in [-0.05, 0) is 24.3 Å². The van der Waals surface area contributed by atoms with E-state index >= 15 is 0 Å². The molecule has 1 N–H and O–H groups in total. The van der Waals surface area contributed by atoms with Crippen molar-refractivity contribution >= 4 is 46.1 Å². The van der Waals surface area contributed by atoms with Gasteiger partial charge in [0.25, 0.3) is 5.91 Å². The number of hydrogen-bond donors (Lipinski definition) is 1. The molecule has 1 atom stereocenters. The van der Waals surface area contributed by atoms with Crippen molar-refractivity contribution in [2.24, 2.45) is 0 Å². The van der Waals surface area contributed by atoms with Crippen molar-refractivity contribution in [1.29, 1.82) is 0 Å². The Balaban J connectivity index is 2.50. The molecule has 17 heavy (non-hydrogen) atoms. The van der Waals surface area contributed by atoms with E-state index in [1.54, 1.807) is 24.3 Å². The molecule has 92 valence electrons. The van der Waals surface area contributed by atoms with Crippen LogP contribution in [-0.4, -0.2) is 29.5 Å². The molecule has 0 aliphatic rings. The van der Waals surface area contributed by atoms with Crippen molar-refractivity contribution in [2.75, 3.05) is 13.7 Å². The summed E-state index contributed by atoms with van der Waals surface area (Å²) in [6.07, 6.45) is 0. The Bertz CT molecular complexity index is 408. The van der Waals surface area contributed by atoms with Gasteiger partial charge in [0.2, 0.25) is 0 Å². The number of amides is 1. The Labute approximate surface area is 118 Å². The number of halogens is 2. The minimum atomic E-state index is -0.395. The van der Waals surface area contributed by atoms with E-state index in [0.29, 0.717) is 10.6 Å². The number of carbonyl (C=O) groups is 2. The first kappa shape index (κ1) is 14.2. The molecule has 0 heterocycles. The fourth-order valence-electron chi connectivity index (χ4n) is 1.10. The number of nitrogens with one attached hydrogen (secondary N) is 1. The van der Waals surface area contributed by atoms with Crippen molar-refractivity contribution in [3.63, 3.8) is 0 Å². The number of rotatable bonds is 4. The molecule has 0 aliphatic heterocycles. The normalized spacial score (nSPS) is 11.7. The number of alkyl halides is 1. The lowest BCUT2D eigenvalue weighted by Crippen LogP contribution is -2.33. The molecule has 1 amide bonds. The molecule has 0 fully saturated rings. The SMILES string of the molecule is COC(=O)C(I)CNC(=O)c1ccc(Cl)cc1. The van der Waals surface area contributed by atoms with E-state index in [1.165, 1.54) is 7.11 Å². The highest BCUT2D eigenvalue weighted by atomic mass is 127. The monoisotopic (exact) mass is 367 g/mol. The van der Waals surface area contributed by atoms with Crippen LogP contribution in [0.5, 0.6) is 0 Å². The van der Waals surface area contributed by atoms with Crippen molar-refractivity contribution in [3.8, 4) is 0 Å². The van der Waals surface area contributed by atoms with E-state index in [2.05, 4.69) is 10.1 Å². The van der Waals surface area contributed by atoms with Gasteiger partial charge in [0.15, 0.2) is 0 Å². The Morgan fingerprint density at radius 2 is 2.00 bits per heavy atom. The molecular weight excluding hydrogens is 356 g/mol. The minimum absolute atomic E-state index is 0.231. The van der Waals surface area contributed by atoms with E-state index in [9.17, 15) is 9.59 Å². The Hall–Kier alpha value is -0.820. The third-order valence-corrected chi connectivity index (χ3v) is 3.21. The van der Waals surface area contributed by atoms with E-state index < -0.39 is 3.92 Å². The number of benzene rings is 1. The van der Waals surface area contributed by atoms with Gasteiger partial charge < -0.3 is 10.1 Å². The summed E-state index contributed by atoms with van der Waals surface area (Å²) in [6, 6.07) is 6.52. The first-order chi connectivity index (χ1) is 8.04. The maximum atomic E-state index is 11.7. The number of carbonyl (C=O) groups excluding carboxylic acids is 2. The third kappa shape index (κ3) is 4.51. The zero-order valence-electron chi connectivity index (χ0n) is 9.07. The van der Waals surface area contributed by atoms with Crippen LogP contribution in [0.3, 0.4) is 0 Å². The molecule has 0 radical (unpaired) electrons. The fraction of sp³-hybridized carbons (Fsp3) is 0.273. The van der Waals surface area contributed by atoms with Crippen LogP contribution in [0.1, 0.15) is 10.4 Å². The summed E-state index contributed by atoms with van der Waals surface area (Å²) in [5.41, 5.74) is 0.503. The Morgan fingerprint density at radius 1 is 1.41 bits per heavy atom. The molecule has 1 aromatic rings. The average Bonchev–Trinajstić information content (AvgIpc) is 2.35. The van der Waals surface area contributed by atoms with E-state index in [-0.39, 0.29) is 18.4 Å². The van der Waals surface area contributed by atoms with Gasteiger partial charge >= 0.3 is 5.97 Å². The van der Waals surface area contributed by atoms with Crippen molar-refractivity contribution < 1.29 is 14.3 Å². The lowest BCUT2D eigenvalue weighted by Gasteiger charge is -2.09. The second kappa shape index (κ2) is 6.80. The molecule has 0 aliphatic carbocycles. The van der Waals surface area contributed by atoms with Crippen LogP contribution >= 0.6 is 34.2 Å². The van der Waals surface area contributed by atoms with Crippen LogP contribution in [0, 0.1) is 0 Å². The molecule has 1 aromatic carbocycles. The van der Waals surface area contributed by atoms with Gasteiger partial charge in [0.1, 0.15) is 3.92 Å². The maximum absolute atomic E-state index is 11.7. The second-order valence-corrected chi connectivity index (χ2v) is 5.15. The first-order valence-corrected chi connectivity index (χ1v) is 6.42. The van der Waals surface area contributed by atoms with E-state index in [1.807, 2.05) is 22.6 Å². The zero-order valence-corrected chi connectivity index (χ0v) is 12.0. The number of esters is 1. The molecule has 4 nitrogen and oxygen atoms in total. The van der Waals surface area contributed by atoms with Crippen LogP contribution in [0.25, 0.3) is 0 Å². The highest BCUT2D eigenvalue weighted by Gasteiger charge is 2.16. The fourth-order valence-corrected chi connectivity index (χ4v) is 1.70. The van der Waals surface area contributed by atoms with Crippen LogP contribution < -0.4 is 5.32 Å². The van der Waals surface area contributed by atoms with Gasteiger partial charge in [-0.3, -0.25) is 9.59 Å². The molecule has 6 heteroatoms. The smallest absolute Gasteiger partial charge is 0.320 e. The number of methoxy groups -OCH3 is 1. The molecule has 1 rings (SSSR count).